The number of aryl methyl sites for hydroxylation is 2. The molecule has 0 radical (unpaired) electrons. The maximum atomic E-state index is 13.0. The normalized spacial score (nSPS) is 12.2. The maximum absolute atomic E-state index is 13.0. The van der Waals surface area contributed by atoms with E-state index >= 15 is 0 Å². The highest BCUT2D eigenvalue weighted by Gasteiger charge is 2.13. The van der Waals surface area contributed by atoms with Crippen molar-refractivity contribution in [1.82, 2.24) is 9.38 Å². The molecule has 0 aliphatic carbocycles. The van der Waals surface area contributed by atoms with Crippen LogP contribution in [0, 0.1) is 13.8 Å². The van der Waals surface area contributed by atoms with Crippen LogP contribution in [0.5, 0.6) is 11.5 Å². The molecule has 4 aromatic rings. The number of benzene rings is 2. The van der Waals surface area contributed by atoms with Crippen molar-refractivity contribution in [1.29, 1.82) is 0 Å². The quantitative estimate of drug-likeness (QED) is 0.559. The summed E-state index contributed by atoms with van der Waals surface area (Å²) in [5.74, 6) is 1.29. The molecular formula is C20H18N2O3S. The van der Waals surface area contributed by atoms with Crippen molar-refractivity contribution in [2.75, 3.05) is 14.2 Å². The van der Waals surface area contributed by atoms with Crippen LogP contribution < -0.4 is 19.6 Å². The Morgan fingerprint density at radius 1 is 1.08 bits per heavy atom. The summed E-state index contributed by atoms with van der Waals surface area (Å²) in [5, 5.41) is 0. The molecule has 0 saturated carbocycles. The van der Waals surface area contributed by atoms with E-state index < -0.39 is 0 Å². The van der Waals surface area contributed by atoms with Gasteiger partial charge in [-0.05, 0) is 54.8 Å². The minimum atomic E-state index is -0.0488. The third-order valence-electron chi connectivity index (χ3n) is 4.38. The first-order valence-electron chi connectivity index (χ1n) is 8.18. The van der Waals surface area contributed by atoms with E-state index in [0.29, 0.717) is 21.0 Å². The van der Waals surface area contributed by atoms with Crippen LogP contribution in [0.15, 0.2) is 35.1 Å². The third-order valence-corrected chi connectivity index (χ3v) is 5.35. The fraction of sp³-hybridized carbons (Fsp3) is 0.200. The summed E-state index contributed by atoms with van der Waals surface area (Å²) in [6.45, 7) is 4.05. The topological polar surface area (TPSA) is 52.8 Å². The molecule has 0 saturated heterocycles. The maximum Gasteiger partial charge on any atom is 0.274 e. The lowest BCUT2D eigenvalue weighted by Crippen LogP contribution is -2.22. The average molecular weight is 366 g/mol. The van der Waals surface area contributed by atoms with Crippen molar-refractivity contribution < 1.29 is 9.47 Å². The van der Waals surface area contributed by atoms with Crippen molar-refractivity contribution in [3.05, 3.63) is 61.9 Å². The van der Waals surface area contributed by atoms with E-state index in [1.165, 1.54) is 11.3 Å². The van der Waals surface area contributed by atoms with Crippen LogP contribution in [0.2, 0.25) is 0 Å². The largest absolute Gasteiger partial charge is 0.493 e. The van der Waals surface area contributed by atoms with E-state index in [1.54, 1.807) is 18.6 Å². The standard InChI is InChI=1S/C20H18N2O3S/c1-11-7-12(2)18-14(8-11)22-19(23)17(26-20(22)21-18)10-13-5-6-15(24-3)16(9-13)25-4/h5-10H,1-4H3/b17-10+. The number of thiazole rings is 1. The first kappa shape index (κ1) is 16.6. The Morgan fingerprint density at radius 3 is 2.58 bits per heavy atom. The van der Waals surface area contributed by atoms with E-state index in [9.17, 15) is 4.79 Å². The molecule has 0 unspecified atom stereocenters. The smallest absolute Gasteiger partial charge is 0.274 e. The molecule has 0 aliphatic heterocycles. The minimum Gasteiger partial charge on any atom is -0.493 e. The lowest BCUT2D eigenvalue weighted by molar-refractivity contribution is 0.355. The van der Waals surface area contributed by atoms with Crippen LogP contribution in [0.1, 0.15) is 16.7 Å². The molecule has 0 N–H and O–H groups in total. The van der Waals surface area contributed by atoms with Gasteiger partial charge in [-0.1, -0.05) is 23.5 Å². The van der Waals surface area contributed by atoms with E-state index in [-0.39, 0.29) is 5.56 Å². The Bertz CT molecular complexity index is 1250. The Kier molecular flexibility index (Phi) is 3.92. The van der Waals surface area contributed by atoms with Crippen molar-refractivity contribution in [3.8, 4) is 11.5 Å². The number of fused-ring (bicyclic) bond motifs is 3. The van der Waals surface area contributed by atoms with E-state index in [2.05, 4.69) is 11.1 Å². The highest BCUT2D eigenvalue weighted by molar-refractivity contribution is 7.15. The van der Waals surface area contributed by atoms with Gasteiger partial charge in [-0.3, -0.25) is 4.79 Å². The second-order valence-corrected chi connectivity index (χ2v) is 7.22. The predicted octanol–water partition coefficient (Wildman–Crippen LogP) is 3.09. The molecule has 0 fully saturated rings. The molecule has 0 aliphatic rings. The highest BCUT2D eigenvalue weighted by Crippen LogP contribution is 2.28. The number of aromatic nitrogens is 2. The Labute approximate surface area is 154 Å². The monoisotopic (exact) mass is 366 g/mol. The van der Waals surface area contributed by atoms with Gasteiger partial charge in [0.15, 0.2) is 16.5 Å². The molecule has 0 spiro atoms. The minimum absolute atomic E-state index is 0.0488. The van der Waals surface area contributed by atoms with Crippen LogP contribution in [0.4, 0.5) is 0 Å². The molecule has 132 valence electrons. The predicted molar refractivity (Wildman–Crippen MR) is 105 cm³/mol. The highest BCUT2D eigenvalue weighted by atomic mass is 32.1. The van der Waals surface area contributed by atoms with Gasteiger partial charge in [-0.2, -0.15) is 0 Å². The zero-order valence-corrected chi connectivity index (χ0v) is 15.8. The number of ether oxygens (including phenoxy) is 2. The number of imidazole rings is 1. The number of rotatable bonds is 3. The van der Waals surface area contributed by atoms with Gasteiger partial charge in [0.05, 0.1) is 29.8 Å². The Balaban J connectivity index is 1.94. The van der Waals surface area contributed by atoms with Crippen molar-refractivity contribution in [3.63, 3.8) is 0 Å². The van der Waals surface area contributed by atoms with E-state index in [0.717, 1.165) is 27.7 Å². The number of hydrogen-bond acceptors (Lipinski definition) is 5. The zero-order valence-electron chi connectivity index (χ0n) is 15.0. The van der Waals surface area contributed by atoms with Gasteiger partial charge in [0.2, 0.25) is 0 Å². The van der Waals surface area contributed by atoms with Crippen LogP contribution in [0.25, 0.3) is 22.1 Å². The average Bonchev–Trinajstić information content (AvgIpc) is 3.12. The SMILES string of the molecule is COc1ccc(/C=c2/sc3nc4c(C)cc(C)cc4n3c2=O)cc1OC. The molecule has 0 atom stereocenters. The first-order chi connectivity index (χ1) is 12.5. The van der Waals surface area contributed by atoms with Gasteiger partial charge in [-0.25, -0.2) is 9.38 Å². The van der Waals surface area contributed by atoms with Gasteiger partial charge in [-0.15, -0.1) is 0 Å². The summed E-state index contributed by atoms with van der Waals surface area (Å²) < 4.78 is 12.9. The van der Waals surface area contributed by atoms with Gasteiger partial charge < -0.3 is 9.47 Å². The summed E-state index contributed by atoms with van der Waals surface area (Å²) >= 11 is 1.39. The lowest BCUT2D eigenvalue weighted by Gasteiger charge is -2.07. The summed E-state index contributed by atoms with van der Waals surface area (Å²) in [6.07, 6.45) is 1.86. The summed E-state index contributed by atoms with van der Waals surface area (Å²) in [7, 11) is 3.19. The molecular weight excluding hydrogens is 348 g/mol. The second kappa shape index (κ2) is 6.14. The summed E-state index contributed by atoms with van der Waals surface area (Å²) in [4.78, 5) is 18.3. The van der Waals surface area contributed by atoms with Crippen LogP contribution >= 0.6 is 11.3 Å². The summed E-state index contributed by atoms with van der Waals surface area (Å²) in [6, 6.07) is 9.68. The number of nitrogens with zero attached hydrogens (tertiary/aromatic N) is 2. The molecule has 0 amide bonds. The Hall–Kier alpha value is -2.86. The Morgan fingerprint density at radius 2 is 1.85 bits per heavy atom. The van der Waals surface area contributed by atoms with Crippen molar-refractivity contribution >= 4 is 33.4 Å². The molecule has 2 heterocycles. The van der Waals surface area contributed by atoms with Crippen LogP contribution in [-0.2, 0) is 0 Å². The lowest BCUT2D eigenvalue weighted by atomic mass is 10.1. The zero-order chi connectivity index (χ0) is 18.4. The van der Waals surface area contributed by atoms with Gasteiger partial charge >= 0.3 is 0 Å². The van der Waals surface area contributed by atoms with Crippen LogP contribution in [-0.4, -0.2) is 23.6 Å². The third kappa shape index (κ3) is 2.54. The molecule has 26 heavy (non-hydrogen) atoms. The fourth-order valence-corrected chi connectivity index (χ4v) is 4.18. The van der Waals surface area contributed by atoms with Gasteiger partial charge in [0.25, 0.3) is 5.56 Å². The number of hydrogen-bond donors (Lipinski definition) is 0. The first-order valence-corrected chi connectivity index (χ1v) is 8.99. The summed E-state index contributed by atoms with van der Waals surface area (Å²) in [5.41, 5.74) is 4.78. The van der Waals surface area contributed by atoms with Crippen molar-refractivity contribution in [2.45, 2.75) is 13.8 Å². The number of methoxy groups -OCH3 is 2. The molecule has 2 aromatic carbocycles. The van der Waals surface area contributed by atoms with Crippen LogP contribution in [0.3, 0.4) is 0 Å². The van der Waals surface area contributed by atoms with E-state index in [4.69, 9.17) is 9.47 Å². The fourth-order valence-electron chi connectivity index (χ4n) is 3.20. The van der Waals surface area contributed by atoms with E-state index in [1.807, 2.05) is 44.2 Å². The van der Waals surface area contributed by atoms with Crippen molar-refractivity contribution in [2.24, 2.45) is 0 Å². The molecule has 6 heteroatoms. The molecule has 4 rings (SSSR count). The molecule has 2 aromatic heterocycles. The van der Waals surface area contributed by atoms with Gasteiger partial charge in [0, 0.05) is 0 Å². The molecule has 0 bridgehead atoms. The van der Waals surface area contributed by atoms with Gasteiger partial charge in [0.1, 0.15) is 0 Å². The second-order valence-electron chi connectivity index (χ2n) is 6.21. The molecule has 5 nitrogen and oxygen atoms in total.